The Balaban J connectivity index is 1.63. The summed E-state index contributed by atoms with van der Waals surface area (Å²) in [6, 6.07) is 18.8. The molecule has 4 rings (SSSR count). The average molecular weight is 436 g/mol. The highest BCUT2D eigenvalue weighted by molar-refractivity contribution is 5.96. The molecule has 0 aliphatic carbocycles. The van der Waals surface area contributed by atoms with Gasteiger partial charge in [-0.3, -0.25) is 4.90 Å². The van der Waals surface area contributed by atoms with Gasteiger partial charge in [-0.15, -0.1) is 0 Å². The van der Waals surface area contributed by atoms with E-state index in [-0.39, 0.29) is 23.6 Å². The molecule has 0 aromatic heterocycles. The van der Waals surface area contributed by atoms with Crippen LogP contribution < -0.4 is 15.0 Å². The number of aromatic hydroxyl groups is 1. The van der Waals surface area contributed by atoms with Crippen LogP contribution in [0.3, 0.4) is 0 Å². The van der Waals surface area contributed by atoms with E-state index in [1.165, 1.54) is 25.3 Å². The molecule has 2 amide bonds. The lowest BCUT2D eigenvalue weighted by atomic mass is 9.92. The fourth-order valence-electron chi connectivity index (χ4n) is 4.16. The number of carbonyl (C=O) groups excluding carboxylic acids is 1. The molecule has 32 heavy (non-hydrogen) atoms. The van der Waals surface area contributed by atoms with Gasteiger partial charge in [0.15, 0.2) is 0 Å². The summed E-state index contributed by atoms with van der Waals surface area (Å²) in [6.45, 7) is 0. The molecule has 7 heteroatoms. The predicted molar refractivity (Wildman–Crippen MR) is 119 cm³/mol. The minimum atomic E-state index is -0.802. The van der Waals surface area contributed by atoms with Gasteiger partial charge < -0.3 is 20.3 Å². The summed E-state index contributed by atoms with van der Waals surface area (Å²) in [6.07, 6.45) is -0.000453. The van der Waals surface area contributed by atoms with Crippen LogP contribution in [0.2, 0.25) is 0 Å². The molecule has 1 unspecified atom stereocenters. The van der Waals surface area contributed by atoms with Gasteiger partial charge in [0.05, 0.1) is 25.3 Å². The fourth-order valence-corrected chi connectivity index (χ4v) is 4.16. The van der Waals surface area contributed by atoms with Crippen LogP contribution in [0.5, 0.6) is 11.5 Å². The van der Waals surface area contributed by atoms with E-state index in [1.54, 1.807) is 29.2 Å². The van der Waals surface area contributed by atoms with Crippen molar-refractivity contribution in [1.29, 1.82) is 0 Å². The van der Waals surface area contributed by atoms with E-state index in [0.29, 0.717) is 35.4 Å². The maximum absolute atomic E-state index is 13.2. The molecule has 1 fully saturated rings. The minimum absolute atomic E-state index is 0.0239. The Hall–Kier alpha value is -3.58. The number of hydrogen-bond donors (Lipinski definition) is 3. The summed E-state index contributed by atoms with van der Waals surface area (Å²) in [5.74, 6) is 0.173. The van der Waals surface area contributed by atoms with Gasteiger partial charge in [-0.1, -0.05) is 30.3 Å². The lowest BCUT2D eigenvalue weighted by Gasteiger charge is -2.28. The van der Waals surface area contributed by atoms with Gasteiger partial charge in [-0.2, -0.15) is 0 Å². The Morgan fingerprint density at radius 2 is 1.81 bits per heavy atom. The largest absolute Gasteiger partial charge is 0.507 e. The van der Waals surface area contributed by atoms with E-state index in [4.69, 9.17) is 4.74 Å². The molecule has 1 saturated heterocycles. The monoisotopic (exact) mass is 436 g/mol. The topological polar surface area (TPSA) is 82.0 Å². The van der Waals surface area contributed by atoms with Crippen LogP contribution in [0.1, 0.15) is 36.1 Å². The number of hydrogen-bond acceptors (Lipinski definition) is 4. The van der Waals surface area contributed by atoms with Crippen molar-refractivity contribution >= 4 is 11.7 Å². The third-order valence-corrected chi connectivity index (χ3v) is 5.78. The molecule has 0 spiro atoms. The van der Waals surface area contributed by atoms with Gasteiger partial charge in [0.25, 0.3) is 0 Å². The molecule has 0 saturated carbocycles. The standard InChI is InChI=1S/C25H25FN2O4/c1-32-19-11-12-20(23(30)15-19)24-21(13-14-22(29)16-7-9-17(26)10-8-16)27-25(31)28(24)18-5-3-2-4-6-18/h2-12,15,21-22,24,29-30H,13-14H2,1H3,(H,27,31)/t21-,22?,24-/m1/s1. The zero-order valence-corrected chi connectivity index (χ0v) is 17.6. The number of aliphatic hydroxyl groups is 1. The highest BCUT2D eigenvalue weighted by Crippen LogP contribution is 2.41. The number of nitrogens with one attached hydrogen (secondary N) is 1. The number of benzene rings is 3. The van der Waals surface area contributed by atoms with Crippen LogP contribution in [0.4, 0.5) is 14.9 Å². The number of nitrogens with zero attached hydrogens (tertiary/aromatic N) is 1. The first-order chi connectivity index (χ1) is 15.5. The van der Waals surface area contributed by atoms with Crippen molar-refractivity contribution in [2.45, 2.75) is 31.0 Å². The molecular formula is C25H25FN2O4. The van der Waals surface area contributed by atoms with Crippen LogP contribution in [0.25, 0.3) is 0 Å². The first-order valence-electron chi connectivity index (χ1n) is 10.4. The molecule has 3 N–H and O–H groups in total. The van der Waals surface area contributed by atoms with Crippen molar-refractivity contribution < 1.29 is 24.1 Å². The van der Waals surface area contributed by atoms with E-state index in [9.17, 15) is 19.4 Å². The number of halogens is 1. The van der Waals surface area contributed by atoms with Crippen molar-refractivity contribution in [3.8, 4) is 11.5 Å². The third kappa shape index (κ3) is 4.38. The predicted octanol–water partition coefficient (Wildman–Crippen LogP) is 4.69. The SMILES string of the molecule is COc1ccc([C@@H]2[C@@H](CCC(O)c3ccc(F)cc3)NC(=O)N2c2ccccc2)c(O)c1. The van der Waals surface area contributed by atoms with Crippen LogP contribution in [0.15, 0.2) is 72.8 Å². The second-order valence-corrected chi connectivity index (χ2v) is 7.78. The molecule has 3 aromatic carbocycles. The number of amides is 2. The molecule has 1 aliphatic rings. The van der Waals surface area contributed by atoms with Gasteiger partial charge >= 0.3 is 6.03 Å². The molecule has 166 valence electrons. The summed E-state index contributed by atoms with van der Waals surface area (Å²) < 4.78 is 18.4. The van der Waals surface area contributed by atoms with Crippen LogP contribution in [0, 0.1) is 5.82 Å². The first-order valence-corrected chi connectivity index (χ1v) is 10.4. The van der Waals surface area contributed by atoms with Crippen molar-refractivity contribution in [2.24, 2.45) is 0 Å². The Morgan fingerprint density at radius 3 is 2.47 bits per heavy atom. The number of phenols is 1. The summed E-state index contributed by atoms with van der Waals surface area (Å²) in [7, 11) is 1.52. The minimum Gasteiger partial charge on any atom is -0.507 e. The number of urea groups is 1. The van der Waals surface area contributed by atoms with Crippen LogP contribution in [-0.2, 0) is 0 Å². The maximum atomic E-state index is 13.2. The molecule has 3 aromatic rings. The smallest absolute Gasteiger partial charge is 0.322 e. The Kier molecular flexibility index (Phi) is 6.28. The Bertz CT molecular complexity index is 1080. The summed E-state index contributed by atoms with van der Waals surface area (Å²) >= 11 is 0. The van der Waals surface area contributed by atoms with Crippen molar-refractivity contribution in [1.82, 2.24) is 5.32 Å². The molecule has 0 bridgehead atoms. The van der Waals surface area contributed by atoms with Crippen molar-refractivity contribution in [3.63, 3.8) is 0 Å². The number of para-hydroxylation sites is 1. The maximum Gasteiger partial charge on any atom is 0.322 e. The molecule has 6 nitrogen and oxygen atoms in total. The number of carbonyl (C=O) groups is 1. The third-order valence-electron chi connectivity index (χ3n) is 5.78. The van der Waals surface area contributed by atoms with E-state index >= 15 is 0 Å². The number of rotatable bonds is 7. The van der Waals surface area contributed by atoms with E-state index in [1.807, 2.05) is 30.3 Å². The van der Waals surface area contributed by atoms with Gasteiger partial charge in [0, 0.05) is 17.3 Å². The molecule has 1 aliphatic heterocycles. The van der Waals surface area contributed by atoms with Gasteiger partial charge in [-0.05, 0) is 54.8 Å². The Morgan fingerprint density at radius 1 is 1.09 bits per heavy atom. The Labute approximate surface area is 185 Å². The summed E-state index contributed by atoms with van der Waals surface area (Å²) in [5, 5.41) is 24.3. The number of ether oxygens (including phenoxy) is 1. The van der Waals surface area contributed by atoms with Gasteiger partial charge in [0.2, 0.25) is 0 Å². The number of phenolic OH excluding ortho intramolecular Hbond substituents is 1. The van der Waals surface area contributed by atoms with Crippen molar-refractivity contribution in [3.05, 3.63) is 89.7 Å². The average Bonchev–Trinajstić information content (AvgIpc) is 3.14. The highest BCUT2D eigenvalue weighted by atomic mass is 19.1. The molecule has 3 atom stereocenters. The van der Waals surface area contributed by atoms with Crippen LogP contribution >= 0.6 is 0 Å². The zero-order chi connectivity index (χ0) is 22.7. The normalized spacial score (nSPS) is 19.0. The molecular weight excluding hydrogens is 411 g/mol. The van der Waals surface area contributed by atoms with E-state index in [0.717, 1.165) is 0 Å². The summed E-state index contributed by atoms with van der Waals surface area (Å²) in [5.41, 5.74) is 1.89. The molecule has 1 heterocycles. The second-order valence-electron chi connectivity index (χ2n) is 7.78. The quantitative estimate of drug-likeness (QED) is 0.502. The van der Waals surface area contributed by atoms with Gasteiger partial charge in [0.1, 0.15) is 17.3 Å². The van der Waals surface area contributed by atoms with Crippen molar-refractivity contribution in [2.75, 3.05) is 12.0 Å². The fraction of sp³-hybridized carbons (Fsp3) is 0.240. The number of aliphatic hydroxyl groups excluding tert-OH is 1. The summed E-state index contributed by atoms with van der Waals surface area (Å²) in [4.78, 5) is 14.6. The zero-order valence-electron chi connectivity index (χ0n) is 17.6. The second kappa shape index (κ2) is 9.28. The lowest BCUT2D eigenvalue weighted by Crippen LogP contribution is -2.29. The van der Waals surface area contributed by atoms with Gasteiger partial charge in [-0.25, -0.2) is 9.18 Å². The van der Waals surface area contributed by atoms with E-state index in [2.05, 4.69) is 5.32 Å². The first kappa shape index (κ1) is 21.6. The van der Waals surface area contributed by atoms with Crippen LogP contribution in [-0.4, -0.2) is 29.4 Å². The number of anilines is 1. The lowest BCUT2D eigenvalue weighted by molar-refractivity contribution is 0.159. The number of methoxy groups -OCH3 is 1. The van der Waals surface area contributed by atoms with E-state index < -0.39 is 12.1 Å². The molecule has 0 radical (unpaired) electrons. The highest BCUT2D eigenvalue weighted by Gasteiger charge is 2.42.